The first-order chi connectivity index (χ1) is 7.07. The number of methoxy groups -OCH3 is 1. The Balaban J connectivity index is 3.11. The van der Waals surface area contributed by atoms with Gasteiger partial charge in [0.1, 0.15) is 11.4 Å². The number of halogens is 1. The van der Waals surface area contributed by atoms with Crippen LogP contribution in [0.15, 0.2) is 18.2 Å². The zero-order chi connectivity index (χ0) is 11.5. The molecule has 0 aliphatic carbocycles. The minimum atomic E-state index is -1.42. The van der Waals surface area contributed by atoms with Gasteiger partial charge in [-0.2, -0.15) is 0 Å². The van der Waals surface area contributed by atoms with Gasteiger partial charge in [-0.15, -0.1) is 0 Å². The normalized spacial score (nSPS) is 14.7. The van der Waals surface area contributed by atoms with E-state index >= 15 is 0 Å². The van der Waals surface area contributed by atoms with Gasteiger partial charge in [0.15, 0.2) is 0 Å². The van der Waals surface area contributed by atoms with Crippen molar-refractivity contribution in [1.82, 2.24) is 0 Å². The second-order valence-electron chi connectivity index (χ2n) is 3.71. The summed E-state index contributed by atoms with van der Waals surface area (Å²) in [5.41, 5.74) is 5.60. The molecule has 0 radical (unpaired) electrons. The van der Waals surface area contributed by atoms with Gasteiger partial charge >= 0.3 is 0 Å². The van der Waals surface area contributed by atoms with Crippen LogP contribution in [0.3, 0.4) is 0 Å². The number of ether oxygens (including phenoxy) is 1. The topological polar surface area (TPSA) is 35.2 Å². The fourth-order valence-electron chi connectivity index (χ4n) is 1.62. The van der Waals surface area contributed by atoms with E-state index < -0.39 is 5.67 Å². The van der Waals surface area contributed by atoms with Crippen LogP contribution in [0.2, 0.25) is 0 Å². The fourth-order valence-corrected chi connectivity index (χ4v) is 1.62. The molecule has 0 aliphatic rings. The first kappa shape index (κ1) is 12.0. The maximum atomic E-state index is 14.2. The van der Waals surface area contributed by atoms with Gasteiger partial charge in [0.2, 0.25) is 0 Å². The van der Waals surface area contributed by atoms with Gasteiger partial charge < -0.3 is 10.5 Å². The van der Waals surface area contributed by atoms with Crippen LogP contribution in [-0.4, -0.2) is 13.7 Å². The smallest absolute Gasteiger partial charge is 0.147 e. The molecule has 0 bridgehead atoms. The van der Waals surface area contributed by atoms with Crippen LogP contribution in [0.25, 0.3) is 0 Å². The highest BCUT2D eigenvalue weighted by Gasteiger charge is 2.28. The van der Waals surface area contributed by atoms with Crippen molar-refractivity contribution >= 4 is 0 Å². The highest BCUT2D eigenvalue weighted by Crippen LogP contribution is 2.31. The number of hydrogen-bond acceptors (Lipinski definition) is 2. The average Bonchev–Trinajstić information content (AvgIpc) is 2.28. The molecule has 84 valence electrons. The summed E-state index contributed by atoms with van der Waals surface area (Å²) in [5, 5.41) is 0. The maximum Gasteiger partial charge on any atom is 0.147 e. The summed E-state index contributed by atoms with van der Waals surface area (Å²) in [6, 6.07) is 5.32. The molecule has 0 spiro atoms. The monoisotopic (exact) mass is 211 g/mol. The first-order valence-electron chi connectivity index (χ1n) is 5.11. The molecule has 0 aromatic heterocycles. The van der Waals surface area contributed by atoms with Crippen molar-refractivity contribution in [1.29, 1.82) is 0 Å². The molecule has 1 unspecified atom stereocenters. The van der Waals surface area contributed by atoms with Gasteiger partial charge in [0.05, 0.1) is 7.11 Å². The van der Waals surface area contributed by atoms with Crippen molar-refractivity contribution < 1.29 is 9.13 Å². The molecule has 0 fully saturated rings. The zero-order valence-electron chi connectivity index (χ0n) is 9.51. The van der Waals surface area contributed by atoms with E-state index in [1.54, 1.807) is 32.2 Å². The van der Waals surface area contributed by atoms with Crippen LogP contribution in [0.1, 0.15) is 24.5 Å². The Kier molecular flexibility index (Phi) is 3.69. The van der Waals surface area contributed by atoms with E-state index in [9.17, 15) is 4.39 Å². The molecule has 2 nitrogen and oxygen atoms in total. The molecule has 1 aromatic rings. The number of alkyl halides is 1. The molecule has 3 heteroatoms. The molecule has 2 N–H and O–H groups in total. The lowest BCUT2D eigenvalue weighted by molar-refractivity contribution is 0.168. The maximum absolute atomic E-state index is 14.2. The number of nitrogens with two attached hydrogens (primary N) is 1. The molecular weight excluding hydrogens is 193 g/mol. The van der Waals surface area contributed by atoms with Crippen LogP contribution in [-0.2, 0) is 5.67 Å². The lowest BCUT2D eigenvalue weighted by Gasteiger charge is -2.23. The minimum Gasteiger partial charge on any atom is -0.496 e. The van der Waals surface area contributed by atoms with Gasteiger partial charge in [0, 0.05) is 6.54 Å². The summed E-state index contributed by atoms with van der Waals surface area (Å²) in [7, 11) is 1.60. The molecule has 0 saturated heterocycles. The van der Waals surface area contributed by atoms with Crippen LogP contribution in [0.4, 0.5) is 4.39 Å². The SMILES string of the molecule is CCC(F)(CN)c1ccc(OC)c(C)c1. The van der Waals surface area contributed by atoms with Gasteiger partial charge in [0.25, 0.3) is 0 Å². The van der Waals surface area contributed by atoms with Crippen LogP contribution in [0, 0.1) is 6.92 Å². The quantitative estimate of drug-likeness (QED) is 0.830. The zero-order valence-corrected chi connectivity index (χ0v) is 9.51. The van der Waals surface area contributed by atoms with E-state index in [1.165, 1.54) is 0 Å². The number of hydrogen-bond donors (Lipinski definition) is 1. The molecule has 1 aromatic carbocycles. The Hall–Kier alpha value is -1.09. The molecule has 0 aliphatic heterocycles. The third-order valence-corrected chi connectivity index (χ3v) is 2.80. The van der Waals surface area contributed by atoms with Crippen molar-refractivity contribution in [2.45, 2.75) is 25.9 Å². The molecule has 0 amide bonds. The lowest BCUT2D eigenvalue weighted by atomic mass is 9.92. The summed E-state index contributed by atoms with van der Waals surface area (Å²) in [5.74, 6) is 0.772. The van der Waals surface area contributed by atoms with E-state index in [0.29, 0.717) is 12.0 Å². The highest BCUT2D eigenvalue weighted by molar-refractivity contribution is 5.38. The summed E-state index contributed by atoms with van der Waals surface area (Å²) in [4.78, 5) is 0. The molecule has 0 saturated carbocycles. The fraction of sp³-hybridized carbons (Fsp3) is 0.500. The Morgan fingerprint density at radius 2 is 2.13 bits per heavy atom. The minimum absolute atomic E-state index is 0.00920. The predicted molar refractivity (Wildman–Crippen MR) is 59.9 cm³/mol. The van der Waals surface area contributed by atoms with E-state index in [2.05, 4.69) is 0 Å². The van der Waals surface area contributed by atoms with Gasteiger partial charge in [-0.3, -0.25) is 0 Å². The van der Waals surface area contributed by atoms with Crippen molar-refractivity contribution in [3.63, 3.8) is 0 Å². The summed E-state index contributed by atoms with van der Waals surface area (Å²) >= 11 is 0. The molecule has 15 heavy (non-hydrogen) atoms. The van der Waals surface area contributed by atoms with Gasteiger partial charge in [-0.1, -0.05) is 13.0 Å². The number of aryl methyl sites for hydroxylation is 1. The number of rotatable bonds is 4. The van der Waals surface area contributed by atoms with E-state index in [0.717, 1.165) is 11.3 Å². The average molecular weight is 211 g/mol. The molecular formula is C12H18FNO. The Bertz CT molecular complexity index is 334. The summed E-state index contributed by atoms with van der Waals surface area (Å²) in [6.07, 6.45) is 0.384. The van der Waals surface area contributed by atoms with Crippen molar-refractivity contribution in [2.75, 3.05) is 13.7 Å². The largest absolute Gasteiger partial charge is 0.496 e. The third-order valence-electron chi connectivity index (χ3n) is 2.80. The van der Waals surface area contributed by atoms with Crippen molar-refractivity contribution in [2.24, 2.45) is 5.73 Å². The summed E-state index contributed by atoms with van der Waals surface area (Å²) in [6.45, 7) is 3.70. The Morgan fingerprint density at radius 3 is 2.53 bits per heavy atom. The van der Waals surface area contributed by atoms with E-state index in [-0.39, 0.29) is 6.54 Å². The third kappa shape index (κ3) is 2.29. The molecule has 1 atom stereocenters. The van der Waals surface area contributed by atoms with E-state index in [4.69, 9.17) is 10.5 Å². The second kappa shape index (κ2) is 4.62. The van der Waals surface area contributed by atoms with Crippen LogP contribution >= 0.6 is 0 Å². The van der Waals surface area contributed by atoms with Crippen molar-refractivity contribution in [3.8, 4) is 5.75 Å². The molecule has 1 rings (SSSR count). The highest BCUT2D eigenvalue weighted by atomic mass is 19.1. The second-order valence-corrected chi connectivity index (χ2v) is 3.71. The van der Waals surface area contributed by atoms with Gasteiger partial charge in [-0.25, -0.2) is 4.39 Å². The van der Waals surface area contributed by atoms with E-state index in [1.807, 2.05) is 6.92 Å². The Labute approximate surface area is 90.2 Å². The predicted octanol–water partition coefficient (Wildman–Crippen LogP) is 2.54. The number of benzene rings is 1. The summed E-state index contributed by atoms with van der Waals surface area (Å²) < 4.78 is 19.4. The first-order valence-corrected chi connectivity index (χ1v) is 5.11. The molecule has 0 heterocycles. The Morgan fingerprint density at radius 1 is 1.47 bits per heavy atom. The van der Waals surface area contributed by atoms with Crippen molar-refractivity contribution in [3.05, 3.63) is 29.3 Å². The standard InChI is InChI=1S/C12H18FNO/c1-4-12(13,8-14)10-5-6-11(15-3)9(2)7-10/h5-7H,4,8,14H2,1-3H3. The van der Waals surface area contributed by atoms with Gasteiger partial charge in [-0.05, 0) is 36.6 Å². The lowest BCUT2D eigenvalue weighted by Crippen LogP contribution is -2.29. The van der Waals surface area contributed by atoms with Crippen LogP contribution < -0.4 is 10.5 Å². The van der Waals surface area contributed by atoms with Crippen LogP contribution in [0.5, 0.6) is 5.75 Å².